The summed E-state index contributed by atoms with van der Waals surface area (Å²) in [6.07, 6.45) is 3.47. The van der Waals surface area contributed by atoms with Gasteiger partial charge in [-0.15, -0.1) is 10.2 Å². The van der Waals surface area contributed by atoms with E-state index in [0.29, 0.717) is 0 Å². The molecule has 0 fully saturated rings. The Kier molecular flexibility index (Phi) is 2.31. The van der Waals surface area contributed by atoms with Gasteiger partial charge < -0.3 is 0 Å². The highest BCUT2D eigenvalue weighted by molar-refractivity contribution is 9.10. The molecule has 0 aliphatic rings. The average Bonchev–Trinajstić information content (AvgIpc) is 2.20. The van der Waals surface area contributed by atoms with Gasteiger partial charge in [0.1, 0.15) is 4.60 Å². The predicted octanol–water partition coefficient (Wildman–Crippen LogP) is 2.30. The van der Waals surface area contributed by atoms with E-state index in [4.69, 9.17) is 0 Å². The molecule has 2 aromatic heterocycles. The van der Waals surface area contributed by atoms with Crippen molar-refractivity contribution in [3.05, 3.63) is 41.3 Å². The summed E-state index contributed by atoms with van der Waals surface area (Å²) in [4.78, 5) is 3.93. The van der Waals surface area contributed by atoms with Crippen molar-refractivity contribution in [3.63, 3.8) is 0 Å². The van der Waals surface area contributed by atoms with Crippen LogP contribution in [0.25, 0.3) is 11.3 Å². The van der Waals surface area contributed by atoms with E-state index in [-0.39, 0.29) is 0 Å². The summed E-state index contributed by atoms with van der Waals surface area (Å²) in [6.45, 7) is 0. The van der Waals surface area contributed by atoms with E-state index in [1.807, 2.05) is 24.3 Å². The summed E-state index contributed by atoms with van der Waals surface area (Å²) >= 11 is 3.23. The van der Waals surface area contributed by atoms with Crippen LogP contribution in [0.5, 0.6) is 0 Å². The third kappa shape index (κ3) is 1.89. The van der Waals surface area contributed by atoms with Crippen LogP contribution < -0.4 is 0 Å². The van der Waals surface area contributed by atoms with Crippen LogP contribution in [0, 0.1) is 0 Å². The van der Waals surface area contributed by atoms with Gasteiger partial charge in [-0.1, -0.05) is 0 Å². The van der Waals surface area contributed by atoms with Gasteiger partial charge in [-0.25, -0.2) is 0 Å². The van der Waals surface area contributed by atoms with Crippen LogP contribution in [0.15, 0.2) is 41.3 Å². The number of hydrogen-bond donors (Lipinski definition) is 0. The van der Waals surface area contributed by atoms with Gasteiger partial charge in [0.05, 0.1) is 5.69 Å². The molecule has 2 heterocycles. The molecule has 0 unspecified atom stereocenters. The van der Waals surface area contributed by atoms with E-state index in [9.17, 15) is 0 Å². The fraction of sp³-hybridized carbons (Fsp3) is 0. The van der Waals surface area contributed by atoms with Gasteiger partial charge >= 0.3 is 0 Å². The van der Waals surface area contributed by atoms with E-state index >= 15 is 0 Å². The largest absolute Gasteiger partial charge is 0.265 e. The molecule has 0 aliphatic heterocycles. The first kappa shape index (κ1) is 8.31. The fourth-order valence-electron chi connectivity index (χ4n) is 0.993. The minimum absolute atomic E-state index is 0.741. The molecule has 0 saturated heterocycles. The number of rotatable bonds is 1. The Morgan fingerprint density at radius 2 is 1.69 bits per heavy atom. The SMILES string of the molecule is Brc1ccc(-c2ccncc2)nn1. The molecule has 0 N–H and O–H groups in total. The maximum atomic E-state index is 4.02. The van der Waals surface area contributed by atoms with Crippen molar-refractivity contribution in [1.29, 1.82) is 0 Å². The summed E-state index contributed by atoms with van der Waals surface area (Å²) in [5.74, 6) is 0. The first-order valence-electron chi connectivity index (χ1n) is 3.76. The molecule has 13 heavy (non-hydrogen) atoms. The molecular weight excluding hydrogens is 230 g/mol. The van der Waals surface area contributed by atoms with Gasteiger partial charge in [-0.3, -0.25) is 4.98 Å². The molecule has 0 amide bonds. The summed E-state index contributed by atoms with van der Waals surface area (Å²) in [5, 5.41) is 7.93. The van der Waals surface area contributed by atoms with Crippen LogP contribution in [0.3, 0.4) is 0 Å². The lowest BCUT2D eigenvalue weighted by Crippen LogP contribution is -1.87. The molecule has 2 rings (SSSR count). The van der Waals surface area contributed by atoms with Crippen molar-refractivity contribution in [3.8, 4) is 11.3 Å². The molecule has 0 spiro atoms. The van der Waals surface area contributed by atoms with Crippen molar-refractivity contribution in [2.75, 3.05) is 0 Å². The zero-order valence-electron chi connectivity index (χ0n) is 6.68. The average molecular weight is 236 g/mol. The second-order valence-corrected chi connectivity index (χ2v) is 3.29. The first-order valence-corrected chi connectivity index (χ1v) is 4.55. The van der Waals surface area contributed by atoms with E-state index in [1.54, 1.807) is 12.4 Å². The summed E-state index contributed by atoms with van der Waals surface area (Å²) in [6, 6.07) is 7.57. The Bertz CT molecular complexity index is 385. The fourth-order valence-corrected chi connectivity index (χ4v) is 1.20. The van der Waals surface area contributed by atoms with E-state index in [2.05, 4.69) is 31.1 Å². The minimum Gasteiger partial charge on any atom is -0.265 e. The van der Waals surface area contributed by atoms with Crippen molar-refractivity contribution in [1.82, 2.24) is 15.2 Å². The van der Waals surface area contributed by atoms with Crippen LogP contribution in [-0.4, -0.2) is 15.2 Å². The third-order valence-corrected chi connectivity index (χ3v) is 2.03. The molecule has 0 atom stereocenters. The minimum atomic E-state index is 0.741. The summed E-state index contributed by atoms with van der Waals surface area (Å²) in [7, 11) is 0. The first-order chi connectivity index (χ1) is 6.36. The molecule has 0 radical (unpaired) electrons. The molecule has 0 saturated carbocycles. The number of nitrogens with zero attached hydrogens (tertiary/aromatic N) is 3. The van der Waals surface area contributed by atoms with Crippen LogP contribution in [-0.2, 0) is 0 Å². The van der Waals surface area contributed by atoms with Gasteiger partial charge in [0.15, 0.2) is 0 Å². The monoisotopic (exact) mass is 235 g/mol. The number of halogens is 1. The zero-order valence-corrected chi connectivity index (χ0v) is 8.27. The lowest BCUT2D eigenvalue weighted by atomic mass is 10.2. The van der Waals surface area contributed by atoms with Gasteiger partial charge in [0, 0.05) is 18.0 Å². The second kappa shape index (κ2) is 3.62. The third-order valence-electron chi connectivity index (χ3n) is 1.61. The summed E-state index contributed by atoms with van der Waals surface area (Å²) in [5.41, 5.74) is 1.88. The zero-order chi connectivity index (χ0) is 9.10. The van der Waals surface area contributed by atoms with E-state index in [1.165, 1.54) is 0 Å². The van der Waals surface area contributed by atoms with Crippen LogP contribution in [0.2, 0.25) is 0 Å². The second-order valence-electron chi connectivity index (χ2n) is 2.48. The molecule has 3 nitrogen and oxygen atoms in total. The lowest BCUT2D eigenvalue weighted by molar-refractivity contribution is 1.01. The van der Waals surface area contributed by atoms with Crippen LogP contribution >= 0.6 is 15.9 Å². The van der Waals surface area contributed by atoms with Crippen molar-refractivity contribution < 1.29 is 0 Å². The van der Waals surface area contributed by atoms with Crippen LogP contribution in [0.1, 0.15) is 0 Å². The Morgan fingerprint density at radius 1 is 0.923 bits per heavy atom. The number of aromatic nitrogens is 3. The number of hydrogen-bond acceptors (Lipinski definition) is 3. The maximum Gasteiger partial charge on any atom is 0.128 e. The Morgan fingerprint density at radius 3 is 2.31 bits per heavy atom. The number of pyridine rings is 1. The van der Waals surface area contributed by atoms with E-state index < -0.39 is 0 Å². The van der Waals surface area contributed by atoms with Gasteiger partial charge in [-0.05, 0) is 40.2 Å². The Hall–Kier alpha value is -1.29. The highest BCUT2D eigenvalue weighted by Crippen LogP contribution is 2.15. The quantitative estimate of drug-likeness (QED) is 0.762. The predicted molar refractivity (Wildman–Crippen MR) is 53.0 cm³/mol. The highest BCUT2D eigenvalue weighted by atomic mass is 79.9. The topological polar surface area (TPSA) is 38.7 Å². The Balaban J connectivity index is 2.42. The van der Waals surface area contributed by atoms with Crippen molar-refractivity contribution in [2.45, 2.75) is 0 Å². The molecule has 0 aliphatic carbocycles. The van der Waals surface area contributed by atoms with Crippen molar-refractivity contribution in [2.24, 2.45) is 0 Å². The maximum absolute atomic E-state index is 4.02. The Labute approximate surface area is 84.0 Å². The lowest BCUT2D eigenvalue weighted by Gasteiger charge is -1.97. The van der Waals surface area contributed by atoms with E-state index in [0.717, 1.165) is 15.9 Å². The van der Waals surface area contributed by atoms with Gasteiger partial charge in [-0.2, -0.15) is 0 Å². The van der Waals surface area contributed by atoms with Gasteiger partial charge in [0.2, 0.25) is 0 Å². The van der Waals surface area contributed by atoms with Gasteiger partial charge in [0.25, 0.3) is 0 Å². The molecule has 4 heteroatoms. The molecule has 2 aromatic rings. The smallest absolute Gasteiger partial charge is 0.128 e. The molecule has 0 aromatic carbocycles. The molecular formula is C9H6BrN3. The summed E-state index contributed by atoms with van der Waals surface area (Å²) < 4.78 is 0.741. The van der Waals surface area contributed by atoms with Crippen molar-refractivity contribution >= 4 is 15.9 Å². The highest BCUT2D eigenvalue weighted by Gasteiger charge is 1.97. The molecule has 64 valence electrons. The normalized spacial score (nSPS) is 9.92. The standard InChI is InChI=1S/C9H6BrN3/c10-9-2-1-8(12-13-9)7-3-5-11-6-4-7/h1-6H. The van der Waals surface area contributed by atoms with Crippen LogP contribution in [0.4, 0.5) is 0 Å². The molecule has 0 bridgehead atoms.